The number of benzene rings is 1. The average Bonchev–Trinajstić information content (AvgIpc) is 2.32. The molecule has 0 aliphatic carbocycles. The molecule has 0 spiro atoms. The molecule has 114 valence electrons. The zero-order chi connectivity index (χ0) is 15.3. The highest BCUT2D eigenvalue weighted by molar-refractivity contribution is 7.89. The molecular weight excluding hydrogens is 303 g/mol. The molecule has 0 saturated carbocycles. The first-order chi connectivity index (χ1) is 9.24. The van der Waals surface area contributed by atoms with Gasteiger partial charge in [-0.2, -0.15) is 0 Å². The summed E-state index contributed by atoms with van der Waals surface area (Å²) in [6, 6.07) is 2.24. The molecule has 0 bridgehead atoms. The Bertz CT molecular complexity index is 562. The van der Waals surface area contributed by atoms with Crippen molar-refractivity contribution in [2.24, 2.45) is 5.92 Å². The van der Waals surface area contributed by atoms with Crippen LogP contribution in [0.15, 0.2) is 17.0 Å². The molecule has 0 aliphatic heterocycles. The van der Waals surface area contributed by atoms with E-state index in [2.05, 4.69) is 18.6 Å². The van der Waals surface area contributed by atoms with Crippen LogP contribution in [0.25, 0.3) is 0 Å². The van der Waals surface area contributed by atoms with Gasteiger partial charge in [-0.05, 0) is 24.5 Å². The second kappa shape index (κ2) is 7.24. The number of nitrogens with two attached hydrogens (primary N) is 1. The van der Waals surface area contributed by atoms with Gasteiger partial charge in [-0.25, -0.2) is 17.5 Å². The number of hydrogen-bond donors (Lipinski definition) is 2. The number of halogens is 2. The lowest BCUT2D eigenvalue weighted by atomic mass is 10.1. The van der Waals surface area contributed by atoms with Gasteiger partial charge in [0.05, 0.1) is 5.69 Å². The van der Waals surface area contributed by atoms with E-state index < -0.39 is 20.7 Å². The molecule has 0 aliphatic rings. The van der Waals surface area contributed by atoms with Crippen molar-refractivity contribution in [3.63, 3.8) is 0 Å². The summed E-state index contributed by atoms with van der Waals surface area (Å²) >= 11 is 5.71. The summed E-state index contributed by atoms with van der Waals surface area (Å²) in [7, 11) is -3.93. The monoisotopic (exact) mass is 322 g/mol. The zero-order valence-electron chi connectivity index (χ0n) is 11.6. The smallest absolute Gasteiger partial charge is 0.243 e. The van der Waals surface area contributed by atoms with E-state index >= 15 is 0 Å². The van der Waals surface area contributed by atoms with Gasteiger partial charge in [0.15, 0.2) is 5.82 Å². The lowest BCUT2D eigenvalue weighted by Gasteiger charge is -2.10. The Kier molecular flexibility index (Phi) is 6.23. The normalized spacial score (nSPS) is 12.1. The van der Waals surface area contributed by atoms with Crippen LogP contribution in [0.4, 0.5) is 10.1 Å². The molecule has 0 saturated heterocycles. The van der Waals surface area contributed by atoms with Crippen LogP contribution in [-0.2, 0) is 10.0 Å². The van der Waals surface area contributed by atoms with Crippen LogP contribution in [0.5, 0.6) is 0 Å². The maximum absolute atomic E-state index is 13.8. The summed E-state index contributed by atoms with van der Waals surface area (Å²) in [4.78, 5) is -0.508. The molecule has 0 aromatic heterocycles. The third-order valence-corrected chi connectivity index (χ3v) is 4.50. The van der Waals surface area contributed by atoms with E-state index in [0.29, 0.717) is 12.3 Å². The van der Waals surface area contributed by atoms with Gasteiger partial charge in [-0.3, -0.25) is 0 Å². The molecule has 0 atom stereocenters. The number of nitrogens with one attached hydrogen (secondary N) is 1. The van der Waals surface area contributed by atoms with E-state index in [-0.39, 0.29) is 17.3 Å². The van der Waals surface area contributed by atoms with Crippen LogP contribution in [0, 0.1) is 11.7 Å². The van der Waals surface area contributed by atoms with Crippen molar-refractivity contribution in [3.05, 3.63) is 23.0 Å². The average molecular weight is 323 g/mol. The first-order valence-corrected chi connectivity index (χ1v) is 8.34. The van der Waals surface area contributed by atoms with Crippen LogP contribution in [0.1, 0.15) is 33.1 Å². The van der Waals surface area contributed by atoms with Gasteiger partial charge in [0.25, 0.3) is 0 Å². The summed E-state index contributed by atoms with van der Waals surface area (Å²) in [6.45, 7) is 4.48. The number of rotatable bonds is 7. The number of anilines is 1. The SMILES string of the molecule is CC(C)CCCCNS(=O)(=O)c1cc(Cl)cc(N)c1F. The molecule has 3 N–H and O–H groups in total. The fourth-order valence-electron chi connectivity index (χ4n) is 1.74. The second-order valence-electron chi connectivity index (χ2n) is 5.09. The largest absolute Gasteiger partial charge is 0.396 e. The molecule has 0 radical (unpaired) electrons. The van der Waals surface area contributed by atoms with Crippen molar-refractivity contribution in [3.8, 4) is 0 Å². The van der Waals surface area contributed by atoms with Crippen molar-refractivity contribution in [2.75, 3.05) is 12.3 Å². The Morgan fingerprint density at radius 3 is 2.60 bits per heavy atom. The van der Waals surface area contributed by atoms with Crippen LogP contribution in [0.2, 0.25) is 5.02 Å². The Morgan fingerprint density at radius 1 is 1.35 bits per heavy atom. The Morgan fingerprint density at radius 2 is 2.00 bits per heavy atom. The Hall–Kier alpha value is -0.850. The van der Waals surface area contributed by atoms with Crippen LogP contribution in [-0.4, -0.2) is 15.0 Å². The minimum atomic E-state index is -3.93. The maximum Gasteiger partial charge on any atom is 0.243 e. The van der Waals surface area contributed by atoms with Crippen molar-refractivity contribution in [1.82, 2.24) is 4.72 Å². The minimum Gasteiger partial charge on any atom is -0.396 e. The van der Waals surface area contributed by atoms with Crippen LogP contribution in [0.3, 0.4) is 0 Å². The molecule has 1 aromatic rings. The first kappa shape index (κ1) is 17.2. The van der Waals surface area contributed by atoms with E-state index in [1.165, 1.54) is 6.07 Å². The lowest BCUT2D eigenvalue weighted by molar-refractivity contribution is 0.527. The summed E-state index contributed by atoms with van der Waals surface area (Å²) in [6.07, 6.45) is 2.65. The van der Waals surface area contributed by atoms with Crippen molar-refractivity contribution < 1.29 is 12.8 Å². The number of unbranched alkanes of at least 4 members (excludes halogenated alkanes) is 1. The highest BCUT2D eigenvalue weighted by Gasteiger charge is 2.21. The first-order valence-electron chi connectivity index (χ1n) is 6.48. The molecular formula is C13H20ClFN2O2S. The van der Waals surface area contributed by atoms with Gasteiger partial charge in [0.2, 0.25) is 10.0 Å². The molecule has 0 amide bonds. The van der Waals surface area contributed by atoms with Gasteiger partial charge in [0.1, 0.15) is 4.90 Å². The van der Waals surface area contributed by atoms with Gasteiger partial charge < -0.3 is 5.73 Å². The predicted molar refractivity (Wildman–Crippen MR) is 79.7 cm³/mol. The summed E-state index contributed by atoms with van der Waals surface area (Å²) in [5.41, 5.74) is 5.10. The second-order valence-corrected chi connectivity index (χ2v) is 7.27. The molecule has 20 heavy (non-hydrogen) atoms. The maximum atomic E-state index is 13.8. The van der Waals surface area contributed by atoms with Crippen LogP contribution < -0.4 is 10.5 Å². The molecule has 1 rings (SSSR count). The summed E-state index contributed by atoms with van der Waals surface area (Å²) < 4.78 is 40.1. The Labute approximate surface area is 124 Å². The molecule has 1 aromatic carbocycles. The number of nitrogen functional groups attached to an aromatic ring is 1. The van der Waals surface area contributed by atoms with E-state index in [9.17, 15) is 12.8 Å². The van der Waals surface area contributed by atoms with Crippen molar-refractivity contribution in [1.29, 1.82) is 0 Å². The fourth-order valence-corrected chi connectivity index (χ4v) is 3.24. The summed E-state index contributed by atoms with van der Waals surface area (Å²) in [5, 5.41) is 0.0871. The van der Waals surface area contributed by atoms with Gasteiger partial charge >= 0.3 is 0 Å². The number of hydrogen-bond acceptors (Lipinski definition) is 3. The molecule has 0 unspecified atom stereocenters. The minimum absolute atomic E-state index is 0.0871. The molecule has 4 nitrogen and oxygen atoms in total. The quantitative estimate of drug-likeness (QED) is 0.598. The highest BCUT2D eigenvalue weighted by Crippen LogP contribution is 2.25. The Balaban J connectivity index is 2.70. The van der Waals surface area contributed by atoms with Crippen molar-refractivity contribution >= 4 is 27.3 Å². The zero-order valence-corrected chi connectivity index (χ0v) is 13.2. The molecule has 7 heteroatoms. The predicted octanol–water partition coefficient (Wildman–Crippen LogP) is 3.17. The van der Waals surface area contributed by atoms with E-state index in [0.717, 1.165) is 18.9 Å². The van der Waals surface area contributed by atoms with Crippen LogP contribution >= 0.6 is 11.6 Å². The van der Waals surface area contributed by atoms with Gasteiger partial charge in [0, 0.05) is 11.6 Å². The van der Waals surface area contributed by atoms with Gasteiger partial charge in [-0.1, -0.05) is 38.3 Å². The third kappa shape index (κ3) is 4.92. The van der Waals surface area contributed by atoms with E-state index in [1.807, 2.05) is 0 Å². The van der Waals surface area contributed by atoms with Gasteiger partial charge in [-0.15, -0.1) is 0 Å². The lowest BCUT2D eigenvalue weighted by Crippen LogP contribution is -2.26. The molecule has 0 fully saturated rings. The third-order valence-electron chi connectivity index (χ3n) is 2.82. The molecule has 0 heterocycles. The standard InChI is InChI=1S/C13H20ClFN2O2S/c1-9(2)5-3-4-6-17-20(18,19)12-8-10(14)7-11(16)13(12)15/h7-9,17H,3-6,16H2,1-2H3. The van der Waals surface area contributed by atoms with E-state index in [4.69, 9.17) is 17.3 Å². The van der Waals surface area contributed by atoms with E-state index in [1.54, 1.807) is 0 Å². The highest BCUT2D eigenvalue weighted by atomic mass is 35.5. The number of sulfonamides is 1. The topological polar surface area (TPSA) is 72.2 Å². The fraction of sp³-hybridized carbons (Fsp3) is 0.538. The summed E-state index contributed by atoms with van der Waals surface area (Å²) in [5.74, 6) is -0.388. The van der Waals surface area contributed by atoms with Crippen molar-refractivity contribution in [2.45, 2.75) is 38.0 Å².